The van der Waals surface area contributed by atoms with Crippen LogP contribution in [0.1, 0.15) is 51.4 Å². The Labute approximate surface area is 794 Å². The maximum Gasteiger partial charge on any atom is 0.500 e. The summed E-state index contributed by atoms with van der Waals surface area (Å²) in [5, 5.41) is 0. The molecule has 0 atom stereocenters. The molecule has 0 aliphatic carbocycles. The molecule has 0 N–H and O–H groups in total. The summed E-state index contributed by atoms with van der Waals surface area (Å²) in [5.41, 5.74) is 0. The Morgan fingerprint density at radius 1 is 0.137 bits per heavy atom. The van der Waals surface area contributed by atoms with E-state index in [4.69, 9.17) is 156 Å². The van der Waals surface area contributed by atoms with E-state index in [1.807, 2.05) is 0 Å². The van der Waals surface area contributed by atoms with E-state index < -0.39 is 141 Å². The first-order valence-corrected chi connectivity index (χ1v) is 82.0. The first-order chi connectivity index (χ1) is 59.6. The molecule has 6 heterocycles. The molecule has 6 saturated heterocycles. The van der Waals surface area contributed by atoms with Crippen LogP contribution in [0.4, 0.5) is 0 Å². The molecule has 6 fully saturated rings. The normalized spacial score (nSPS) is 25.4. The summed E-state index contributed by atoms with van der Waals surface area (Å²) >= 11 is 13.9. The highest BCUT2D eigenvalue weighted by atomic mass is 32.2. The molecule has 36 nitrogen and oxygen atoms in total. The van der Waals surface area contributed by atoms with Crippen molar-refractivity contribution in [3.8, 4) is 0 Å². The summed E-state index contributed by atoms with van der Waals surface area (Å²) in [5.74, 6) is 9.51. The van der Waals surface area contributed by atoms with Crippen molar-refractivity contribution in [1.82, 2.24) is 0 Å². The van der Waals surface area contributed by atoms with Gasteiger partial charge in [0.25, 0.3) is 0 Å². The summed E-state index contributed by atoms with van der Waals surface area (Å²) < 4.78 is 245. The van der Waals surface area contributed by atoms with Crippen LogP contribution in [0.25, 0.3) is 0 Å². The molecule has 60 heteroatoms. The van der Waals surface area contributed by atoms with Crippen molar-refractivity contribution >= 4 is 235 Å². The van der Waals surface area contributed by atoms with Crippen LogP contribution in [-0.4, -0.2) is 404 Å². The Hall–Kier alpha value is 4.83. The van der Waals surface area contributed by atoms with Gasteiger partial charge in [0.05, 0.1) is 0 Å². The summed E-state index contributed by atoms with van der Waals surface area (Å²) in [6.07, 6.45) is 5.76. The van der Waals surface area contributed by atoms with E-state index in [1.54, 1.807) is 265 Å². The maximum absolute atomic E-state index is 8.53. The molecular weight excluding hydrogens is 2050 g/mol. The molecule has 0 saturated carbocycles. The van der Waals surface area contributed by atoms with Crippen LogP contribution in [0.5, 0.6) is 0 Å². The van der Waals surface area contributed by atoms with Crippen molar-refractivity contribution in [1.29, 1.82) is 0 Å². The Morgan fingerprint density at radius 3 is 0.290 bits per heavy atom. The van der Waals surface area contributed by atoms with Gasteiger partial charge in [0.15, 0.2) is 0 Å². The minimum Gasteiger partial charge on any atom is -0.377 e. The predicted octanol–water partition coefficient (Wildman–Crippen LogP) is 11.8. The zero-order valence-corrected chi connectivity index (χ0v) is 101. The van der Waals surface area contributed by atoms with Gasteiger partial charge in [-0.3, -0.25) is 0 Å². The fourth-order valence-corrected chi connectivity index (χ4v) is 92.9. The van der Waals surface area contributed by atoms with Gasteiger partial charge in [0.2, 0.25) is 0 Å². The van der Waals surface area contributed by atoms with Gasteiger partial charge < -0.3 is 156 Å². The van der Waals surface area contributed by atoms with Crippen molar-refractivity contribution in [3.05, 3.63) is 0 Å². The highest BCUT2D eigenvalue weighted by Crippen LogP contribution is 2.55. The minimum atomic E-state index is -4.58. The second-order valence-corrected chi connectivity index (χ2v) is 88.0. The fraction of sp³-hybridized carbons (Fsp3) is 1.00. The van der Waals surface area contributed by atoms with Crippen molar-refractivity contribution in [2.24, 2.45) is 0 Å². The second-order valence-electron chi connectivity index (χ2n) is 28.8. The number of hydrogen-bond donors (Lipinski definition) is 0. The summed E-state index contributed by atoms with van der Waals surface area (Å²) in [6.45, 7) is 0. The average molecular weight is 2200 g/mol. The lowest BCUT2D eigenvalue weighted by Crippen LogP contribution is -2.88. The van der Waals surface area contributed by atoms with Crippen LogP contribution in [0.3, 0.4) is 0 Å². The molecule has 8 bridgehead atoms. The van der Waals surface area contributed by atoms with Crippen LogP contribution in [0, 0.1) is 0 Å². The first-order valence-electron chi connectivity index (χ1n) is 41.9. The van der Waals surface area contributed by atoms with Gasteiger partial charge in [-0.15, -0.1) is 0 Å². The smallest absolute Gasteiger partial charge is 0.377 e. The minimum absolute atomic E-state index is 0.240. The lowest BCUT2D eigenvalue weighted by molar-refractivity contribution is -0.0281. The van der Waals surface area contributed by atoms with Crippen LogP contribution >= 0.6 is 94.1 Å². The molecule has 6 aliphatic rings. The SMILES string of the molecule is CO[Si](CCCSCC[Si]12O[Si]3(CCSCCC[Si](OC)(OC)OC)O[Si]4(CCSCCC[Si](OC)(OC)OC)O[Si](CCSCCC[Si](OC)(OC)OC)(O1)O[Si]1(CCSCCC[Si](OC)(OC)OC)O[Si](CCSCCC[Si](OC)(OC)OC)(O2)O[Si](CCSCCC[Si](OC)(OC)OC)(O3)O[Si](CCSCCC[Si](OC)(OC)OC)(O4)O1)(OC)OC. The fourth-order valence-electron chi connectivity index (χ4n) is 14.5. The highest BCUT2D eigenvalue weighted by molar-refractivity contribution is 8.01. The first kappa shape index (κ1) is 119. The van der Waals surface area contributed by atoms with E-state index in [-0.39, 0.29) is 48.4 Å². The lowest BCUT2D eigenvalue weighted by atomic mass is 10.6. The number of rotatable bonds is 80. The quantitative estimate of drug-likeness (QED) is 0.0403. The van der Waals surface area contributed by atoms with E-state index in [9.17, 15) is 0 Å². The molecule has 0 spiro atoms. The van der Waals surface area contributed by atoms with Gasteiger partial charge in [0, 0.05) is 267 Å². The van der Waals surface area contributed by atoms with Gasteiger partial charge in [-0.05, 0) is 143 Å². The van der Waals surface area contributed by atoms with E-state index in [1.165, 1.54) is 0 Å². The molecular formula is C64H152O36S8Si16. The summed E-state index contributed by atoms with van der Waals surface area (Å²) in [6, 6.07) is 6.62. The van der Waals surface area contributed by atoms with Crippen molar-refractivity contribution in [2.75, 3.05) is 263 Å². The largest absolute Gasteiger partial charge is 0.500 e. The van der Waals surface area contributed by atoms with Gasteiger partial charge in [-0.25, -0.2) is 0 Å². The molecule has 124 heavy (non-hydrogen) atoms. The highest BCUT2D eigenvalue weighted by Gasteiger charge is 2.83. The Morgan fingerprint density at radius 2 is 0.218 bits per heavy atom. The molecule has 0 aromatic heterocycles. The number of hydrogen-bond acceptors (Lipinski definition) is 44. The van der Waals surface area contributed by atoms with E-state index in [2.05, 4.69) is 0 Å². The zero-order valence-electron chi connectivity index (χ0n) is 78.2. The van der Waals surface area contributed by atoms with Gasteiger partial charge in [0.1, 0.15) is 0 Å². The third kappa shape index (κ3) is 35.8. The van der Waals surface area contributed by atoms with Crippen LogP contribution in [-0.2, 0) is 156 Å². The molecule has 0 radical (unpaired) electrons. The molecule has 0 unspecified atom stereocenters. The van der Waals surface area contributed by atoms with Gasteiger partial charge >= 0.3 is 141 Å². The lowest BCUT2D eigenvalue weighted by Gasteiger charge is -2.63. The summed E-state index contributed by atoms with van der Waals surface area (Å²) in [4.78, 5) is 0. The third-order valence-corrected chi connectivity index (χ3v) is 92.7. The summed E-state index contributed by atoms with van der Waals surface area (Å²) in [7, 11) is -20.9. The molecule has 0 aromatic rings. The monoisotopic (exact) mass is 2200 g/mol. The van der Waals surface area contributed by atoms with Gasteiger partial charge in [-0.2, -0.15) is 94.1 Å². The molecule has 736 valence electrons. The molecule has 0 aromatic carbocycles. The van der Waals surface area contributed by atoms with E-state index in [0.29, 0.717) is 140 Å². The van der Waals surface area contributed by atoms with E-state index in [0.717, 1.165) is 51.4 Å². The van der Waals surface area contributed by atoms with Crippen LogP contribution in [0.15, 0.2) is 0 Å². The van der Waals surface area contributed by atoms with Crippen molar-refractivity contribution in [2.45, 2.75) is 148 Å². The average Bonchev–Trinajstić information content (AvgIpc) is 0.685. The standard InChI is InChI=1S/C64H152O36S8Si16/c1-65-109(66-2,67-3)49-25-33-101-41-57-117-89-118(58-42-102-34-26-50-110(68-4,69-5)70-6)92-121(61-45-105-37-29-53-113(77-13,78-14)79-15)94-119(90-117,59-43-103-35-27-51-111(71-7,72-8)73-9)96-123(63-47-107-39-31-55-115(83-19,84-20)85-21)97-120(91-117,60-44-104-36-28-52-112(74-10,75-11)76-12)95-122(93-118,62-46-106-38-30-54-114(80-16,81-17)82-18)99-124(98-121,100-123)64-48-108-40-32-56-116(86-22,87-23)88-24/h25-64H2,1-24H3. The predicted molar refractivity (Wildman–Crippen MR) is 526 cm³/mol. The zero-order chi connectivity index (χ0) is 91.4. The van der Waals surface area contributed by atoms with Crippen LogP contribution in [0.2, 0.25) is 96.7 Å². The Bertz CT molecular complexity index is 2160. The Kier molecular flexibility index (Phi) is 57.9. The van der Waals surface area contributed by atoms with Crippen molar-refractivity contribution in [3.63, 3.8) is 0 Å². The van der Waals surface area contributed by atoms with E-state index >= 15 is 0 Å². The molecule has 6 aliphatic heterocycles. The molecule has 6 rings (SSSR count). The third-order valence-electron chi connectivity index (χ3n) is 21.8. The van der Waals surface area contributed by atoms with Gasteiger partial charge in [-0.1, -0.05) is 0 Å². The maximum atomic E-state index is 8.53. The van der Waals surface area contributed by atoms with Crippen LogP contribution < -0.4 is 0 Å². The Balaban J connectivity index is 1.96. The second kappa shape index (κ2) is 60.2. The topological polar surface area (TPSA) is 332 Å². The number of thioether (sulfide) groups is 8. The molecule has 0 amide bonds. The van der Waals surface area contributed by atoms with Crippen molar-refractivity contribution < 1.29 is 156 Å².